The highest BCUT2D eigenvalue weighted by Gasteiger charge is 2.16. The molecular formula is C12H9N3OS. The zero-order valence-electron chi connectivity index (χ0n) is 9.12. The zero-order chi connectivity index (χ0) is 11.8. The Balaban J connectivity index is 2.13. The fourth-order valence-corrected chi connectivity index (χ4v) is 2.38. The molecule has 3 heterocycles. The molecule has 0 aliphatic carbocycles. The third kappa shape index (κ3) is 1.64. The first kappa shape index (κ1) is 10.2. The predicted octanol–water partition coefficient (Wildman–Crippen LogP) is 2.33. The van der Waals surface area contributed by atoms with Crippen molar-refractivity contribution in [3.63, 3.8) is 0 Å². The van der Waals surface area contributed by atoms with Crippen LogP contribution < -0.4 is 0 Å². The van der Waals surface area contributed by atoms with E-state index in [0.29, 0.717) is 10.7 Å². The van der Waals surface area contributed by atoms with Crippen molar-refractivity contribution < 1.29 is 4.79 Å². The molecule has 0 amide bonds. The fourth-order valence-electron chi connectivity index (χ4n) is 1.67. The van der Waals surface area contributed by atoms with Gasteiger partial charge >= 0.3 is 0 Å². The van der Waals surface area contributed by atoms with E-state index in [1.807, 2.05) is 31.3 Å². The molecule has 0 atom stereocenters. The number of carbonyl (C=O) groups excluding carboxylic acids is 1. The topological polar surface area (TPSA) is 47.3 Å². The molecule has 3 aromatic heterocycles. The second kappa shape index (κ2) is 3.78. The highest BCUT2D eigenvalue weighted by atomic mass is 32.1. The summed E-state index contributed by atoms with van der Waals surface area (Å²) in [5.41, 5.74) is 1.32. The van der Waals surface area contributed by atoms with Gasteiger partial charge in [0.1, 0.15) is 11.3 Å². The molecule has 0 saturated heterocycles. The Kier molecular flexibility index (Phi) is 2.26. The molecule has 5 heteroatoms. The standard InChI is InChI=1S/C12H9N3OS/c1-8-6-14-12(17-8)11(16)9-7-13-10-4-2-3-5-15(9)10/h2-7H,1H3. The van der Waals surface area contributed by atoms with Crippen molar-refractivity contribution in [3.8, 4) is 0 Å². The van der Waals surface area contributed by atoms with Gasteiger partial charge in [0.15, 0.2) is 5.01 Å². The molecule has 3 rings (SSSR count). The average molecular weight is 243 g/mol. The smallest absolute Gasteiger partial charge is 0.239 e. The summed E-state index contributed by atoms with van der Waals surface area (Å²) in [5.74, 6) is -0.0817. The summed E-state index contributed by atoms with van der Waals surface area (Å²) in [4.78, 5) is 21.5. The summed E-state index contributed by atoms with van der Waals surface area (Å²) >= 11 is 1.40. The van der Waals surface area contributed by atoms with Gasteiger partial charge in [-0.15, -0.1) is 11.3 Å². The third-order valence-electron chi connectivity index (χ3n) is 2.47. The van der Waals surface area contributed by atoms with Gasteiger partial charge in [0.25, 0.3) is 0 Å². The van der Waals surface area contributed by atoms with Gasteiger partial charge in [-0.25, -0.2) is 9.97 Å². The summed E-state index contributed by atoms with van der Waals surface area (Å²) in [6.07, 6.45) is 5.13. The molecule has 0 aliphatic heterocycles. The number of ketones is 1. The molecule has 3 aromatic rings. The Morgan fingerprint density at radius 1 is 1.29 bits per heavy atom. The van der Waals surface area contributed by atoms with Gasteiger partial charge in [-0.05, 0) is 19.1 Å². The fraction of sp³-hybridized carbons (Fsp3) is 0.0833. The SMILES string of the molecule is Cc1cnc(C(=O)c2cnc3ccccn23)s1. The lowest BCUT2D eigenvalue weighted by Gasteiger charge is -1.97. The zero-order valence-corrected chi connectivity index (χ0v) is 9.94. The van der Waals surface area contributed by atoms with E-state index >= 15 is 0 Å². The molecule has 0 saturated carbocycles. The van der Waals surface area contributed by atoms with Crippen LogP contribution in [-0.2, 0) is 0 Å². The van der Waals surface area contributed by atoms with Crippen LogP contribution in [0.1, 0.15) is 20.4 Å². The van der Waals surface area contributed by atoms with Crippen LogP contribution in [0.25, 0.3) is 5.65 Å². The van der Waals surface area contributed by atoms with Gasteiger partial charge in [0.05, 0.1) is 6.20 Å². The van der Waals surface area contributed by atoms with Gasteiger partial charge < -0.3 is 0 Å². The second-order valence-electron chi connectivity index (χ2n) is 3.68. The maximum atomic E-state index is 12.2. The summed E-state index contributed by atoms with van der Waals surface area (Å²) in [6, 6.07) is 5.63. The maximum Gasteiger partial charge on any atom is 0.239 e. The highest BCUT2D eigenvalue weighted by Crippen LogP contribution is 2.16. The first-order valence-corrected chi connectivity index (χ1v) is 5.96. The highest BCUT2D eigenvalue weighted by molar-refractivity contribution is 7.13. The number of rotatable bonds is 2. The van der Waals surface area contributed by atoms with E-state index < -0.39 is 0 Å². The minimum absolute atomic E-state index is 0.0817. The Bertz CT molecular complexity index is 698. The van der Waals surface area contributed by atoms with Crippen molar-refractivity contribution in [2.75, 3.05) is 0 Å². The van der Waals surface area contributed by atoms with Crippen LogP contribution in [0.3, 0.4) is 0 Å². The Hall–Kier alpha value is -2.01. The van der Waals surface area contributed by atoms with Crippen molar-refractivity contribution in [2.24, 2.45) is 0 Å². The average Bonchev–Trinajstić information content (AvgIpc) is 2.94. The third-order valence-corrected chi connectivity index (χ3v) is 3.38. The van der Waals surface area contributed by atoms with Crippen LogP contribution in [0.4, 0.5) is 0 Å². The largest absolute Gasteiger partial charge is 0.297 e. The number of aryl methyl sites for hydroxylation is 1. The van der Waals surface area contributed by atoms with Crippen LogP contribution in [-0.4, -0.2) is 20.2 Å². The molecule has 0 radical (unpaired) electrons. The number of carbonyl (C=O) groups is 1. The summed E-state index contributed by atoms with van der Waals surface area (Å²) in [7, 11) is 0. The van der Waals surface area contributed by atoms with Crippen LogP contribution in [0.5, 0.6) is 0 Å². The summed E-state index contributed by atoms with van der Waals surface area (Å²) in [5, 5.41) is 0.508. The van der Waals surface area contributed by atoms with E-state index in [-0.39, 0.29) is 5.78 Å². The Morgan fingerprint density at radius 2 is 2.18 bits per heavy atom. The molecule has 0 bridgehead atoms. The van der Waals surface area contributed by atoms with E-state index in [2.05, 4.69) is 9.97 Å². The van der Waals surface area contributed by atoms with Crippen molar-refractivity contribution in [1.29, 1.82) is 0 Å². The second-order valence-corrected chi connectivity index (χ2v) is 4.91. The van der Waals surface area contributed by atoms with Crippen LogP contribution >= 0.6 is 11.3 Å². The molecule has 4 nitrogen and oxygen atoms in total. The molecule has 0 fully saturated rings. The molecule has 0 unspecified atom stereocenters. The molecule has 0 N–H and O–H groups in total. The van der Waals surface area contributed by atoms with Gasteiger partial charge in [-0.3, -0.25) is 9.20 Å². The molecule has 0 spiro atoms. The van der Waals surface area contributed by atoms with E-state index in [9.17, 15) is 4.79 Å². The predicted molar refractivity (Wildman–Crippen MR) is 65.5 cm³/mol. The van der Waals surface area contributed by atoms with E-state index in [1.165, 1.54) is 11.3 Å². The minimum atomic E-state index is -0.0817. The quantitative estimate of drug-likeness (QED) is 0.649. The Labute approximate surface area is 102 Å². The lowest BCUT2D eigenvalue weighted by atomic mass is 10.3. The maximum absolute atomic E-state index is 12.2. The molecule has 0 aromatic carbocycles. The first-order valence-electron chi connectivity index (χ1n) is 5.15. The number of imidazole rings is 1. The number of hydrogen-bond acceptors (Lipinski definition) is 4. The first-order chi connectivity index (χ1) is 8.25. The molecule has 0 aliphatic rings. The van der Waals surface area contributed by atoms with Crippen LogP contribution in [0.15, 0.2) is 36.8 Å². The lowest BCUT2D eigenvalue weighted by molar-refractivity contribution is 0.103. The molecular weight excluding hydrogens is 234 g/mol. The normalized spacial score (nSPS) is 10.9. The number of pyridine rings is 1. The lowest BCUT2D eigenvalue weighted by Crippen LogP contribution is -2.04. The van der Waals surface area contributed by atoms with Gasteiger partial charge in [0.2, 0.25) is 5.78 Å². The summed E-state index contributed by atoms with van der Waals surface area (Å²) < 4.78 is 1.78. The van der Waals surface area contributed by atoms with Crippen molar-refractivity contribution in [2.45, 2.75) is 6.92 Å². The number of aromatic nitrogens is 3. The van der Waals surface area contributed by atoms with E-state index in [1.54, 1.807) is 16.8 Å². The molecule has 17 heavy (non-hydrogen) atoms. The van der Waals surface area contributed by atoms with Crippen molar-refractivity contribution in [1.82, 2.24) is 14.4 Å². The van der Waals surface area contributed by atoms with Gasteiger partial charge in [-0.2, -0.15) is 0 Å². The molecule has 84 valence electrons. The Morgan fingerprint density at radius 3 is 2.94 bits per heavy atom. The van der Waals surface area contributed by atoms with E-state index in [0.717, 1.165) is 10.5 Å². The minimum Gasteiger partial charge on any atom is -0.297 e. The number of nitrogens with zero attached hydrogens (tertiary/aromatic N) is 3. The summed E-state index contributed by atoms with van der Waals surface area (Å²) in [6.45, 7) is 1.93. The van der Waals surface area contributed by atoms with Crippen LogP contribution in [0.2, 0.25) is 0 Å². The van der Waals surface area contributed by atoms with E-state index in [4.69, 9.17) is 0 Å². The van der Waals surface area contributed by atoms with Crippen molar-refractivity contribution >= 4 is 22.8 Å². The number of thiazole rings is 1. The van der Waals surface area contributed by atoms with Gasteiger partial charge in [0, 0.05) is 17.3 Å². The van der Waals surface area contributed by atoms with Gasteiger partial charge in [-0.1, -0.05) is 6.07 Å². The van der Waals surface area contributed by atoms with Crippen LogP contribution in [0, 0.1) is 6.92 Å². The number of hydrogen-bond donors (Lipinski definition) is 0. The monoisotopic (exact) mass is 243 g/mol. The van der Waals surface area contributed by atoms with Crippen molar-refractivity contribution in [3.05, 3.63) is 52.4 Å². The number of fused-ring (bicyclic) bond motifs is 1.